The molecule has 2 saturated carbocycles. The minimum absolute atomic E-state index is 0.329. The zero-order valence-corrected chi connectivity index (χ0v) is 18.0. The van der Waals surface area contributed by atoms with Crippen molar-refractivity contribution >= 4 is 0 Å². The van der Waals surface area contributed by atoms with E-state index in [-0.39, 0.29) is 0 Å². The molecule has 2 aliphatic rings. The number of rotatable bonds is 11. The van der Waals surface area contributed by atoms with Crippen LogP contribution in [0.1, 0.15) is 97.3 Å². The Kier molecular flexibility index (Phi) is 10.2. The molecular weight excluding hydrogens is 387 g/mol. The van der Waals surface area contributed by atoms with Gasteiger partial charge in [-0.3, -0.25) is 0 Å². The van der Waals surface area contributed by atoms with Gasteiger partial charge in [-0.1, -0.05) is 71.6 Å². The van der Waals surface area contributed by atoms with Crippen LogP contribution in [0.25, 0.3) is 0 Å². The SMILES string of the molecule is CCCC(CCCC(F)(F)OC1CC(F)C(F)C(F)C1)CCC1CCC(C)CC1. The van der Waals surface area contributed by atoms with Crippen molar-refractivity contribution in [1.29, 1.82) is 0 Å². The Morgan fingerprint density at radius 3 is 2.14 bits per heavy atom. The van der Waals surface area contributed by atoms with Crippen LogP contribution in [0.2, 0.25) is 0 Å². The predicted octanol–water partition coefficient (Wildman–Crippen LogP) is 7.97. The maximum atomic E-state index is 14.1. The lowest BCUT2D eigenvalue weighted by molar-refractivity contribution is -0.277. The van der Waals surface area contributed by atoms with Gasteiger partial charge in [0.05, 0.1) is 6.10 Å². The van der Waals surface area contributed by atoms with E-state index in [4.69, 9.17) is 4.74 Å². The smallest absolute Gasteiger partial charge is 0.317 e. The summed E-state index contributed by atoms with van der Waals surface area (Å²) >= 11 is 0. The van der Waals surface area contributed by atoms with Gasteiger partial charge in [0.1, 0.15) is 12.3 Å². The zero-order valence-electron chi connectivity index (χ0n) is 18.0. The molecule has 0 spiro atoms. The molecule has 0 amide bonds. The van der Waals surface area contributed by atoms with Crippen LogP contribution in [0.4, 0.5) is 22.0 Å². The average Bonchev–Trinajstić information content (AvgIpc) is 2.65. The molecule has 2 aliphatic carbocycles. The number of alkyl halides is 5. The summed E-state index contributed by atoms with van der Waals surface area (Å²) in [5.74, 6) is 2.06. The first-order chi connectivity index (χ1) is 13.7. The maximum Gasteiger partial charge on any atom is 0.355 e. The second-order valence-electron chi connectivity index (χ2n) is 9.58. The molecule has 0 aromatic heterocycles. The Morgan fingerprint density at radius 1 is 0.931 bits per heavy atom. The molecule has 0 saturated heterocycles. The Labute approximate surface area is 173 Å². The van der Waals surface area contributed by atoms with E-state index in [2.05, 4.69) is 13.8 Å². The van der Waals surface area contributed by atoms with Crippen LogP contribution in [0.3, 0.4) is 0 Å². The highest BCUT2D eigenvalue weighted by Gasteiger charge is 2.43. The van der Waals surface area contributed by atoms with Crippen LogP contribution < -0.4 is 0 Å². The van der Waals surface area contributed by atoms with E-state index in [9.17, 15) is 22.0 Å². The van der Waals surface area contributed by atoms with Gasteiger partial charge in [0.25, 0.3) is 0 Å². The highest BCUT2D eigenvalue weighted by atomic mass is 19.3. The Morgan fingerprint density at radius 2 is 1.55 bits per heavy atom. The summed E-state index contributed by atoms with van der Waals surface area (Å²) < 4.78 is 73.0. The molecule has 2 fully saturated rings. The number of hydrogen-bond donors (Lipinski definition) is 0. The lowest BCUT2D eigenvalue weighted by atomic mass is 9.79. The predicted molar refractivity (Wildman–Crippen MR) is 106 cm³/mol. The van der Waals surface area contributed by atoms with E-state index in [1.54, 1.807) is 0 Å². The van der Waals surface area contributed by atoms with E-state index in [1.807, 2.05) is 0 Å². The van der Waals surface area contributed by atoms with Gasteiger partial charge in [0, 0.05) is 19.3 Å². The van der Waals surface area contributed by atoms with Crippen LogP contribution >= 0.6 is 0 Å². The molecule has 0 aromatic carbocycles. The molecule has 0 bridgehead atoms. The van der Waals surface area contributed by atoms with E-state index in [1.165, 1.54) is 32.1 Å². The average molecular weight is 427 g/mol. The molecule has 1 nitrogen and oxygen atoms in total. The fourth-order valence-electron chi connectivity index (χ4n) is 5.01. The van der Waals surface area contributed by atoms with Crippen molar-refractivity contribution in [2.45, 2.75) is 128 Å². The van der Waals surface area contributed by atoms with Crippen LogP contribution in [-0.2, 0) is 4.74 Å². The first-order valence-electron chi connectivity index (χ1n) is 11.7. The first kappa shape index (κ1) is 24.9. The van der Waals surface area contributed by atoms with Crippen molar-refractivity contribution in [2.75, 3.05) is 0 Å². The fraction of sp³-hybridized carbons (Fsp3) is 1.00. The summed E-state index contributed by atoms with van der Waals surface area (Å²) in [6.07, 6.45) is -1.90. The second-order valence-corrected chi connectivity index (χ2v) is 9.58. The minimum atomic E-state index is -3.41. The van der Waals surface area contributed by atoms with E-state index < -0.39 is 50.0 Å². The molecule has 0 aromatic rings. The van der Waals surface area contributed by atoms with Crippen molar-refractivity contribution in [1.82, 2.24) is 0 Å². The lowest BCUT2D eigenvalue weighted by Crippen LogP contribution is -2.43. The van der Waals surface area contributed by atoms with Crippen molar-refractivity contribution < 1.29 is 26.7 Å². The molecular formula is C23H39F5O. The van der Waals surface area contributed by atoms with E-state index >= 15 is 0 Å². The maximum absolute atomic E-state index is 14.1. The molecule has 3 atom stereocenters. The molecule has 2 rings (SSSR count). The van der Waals surface area contributed by atoms with Crippen LogP contribution in [0, 0.1) is 17.8 Å². The lowest BCUT2D eigenvalue weighted by Gasteiger charge is -2.32. The van der Waals surface area contributed by atoms with Crippen LogP contribution in [0.5, 0.6) is 0 Å². The Bertz CT molecular complexity index is 441. The molecule has 0 N–H and O–H groups in total. The monoisotopic (exact) mass is 426 g/mol. The summed E-state index contributed by atoms with van der Waals surface area (Å²) in [7, 11) is 0. The van der Waals surface area contributed by atoms with Crippen molar-refractivity contribution in [2.24, 2.45) is 17.8 Å². The molecule has 0 heterocycles. The molecule has 3 unspecified atom stereocenters. The number of hydrogen-bond acceptors (Lipinski definition) is 1. The summed E-state index contributed by atoms with van der Waals surface area (Å²) in [6.45, 7) is 4.43. The van der Waals surface area contributed by atoms with Crippen LogP contribution in [-0.4, -0.2) is 30.7 Å². The largest absolute Gasteiger partial charge is 0.355 e. The summed E-state index contributed by atoms with van der Waals surface area (Å²) in [5.41, 5.74) is 0. The molecule has 0 aliphatic heterocycles. The van der Waals surface area contributed by atoms with Crippen molar-refractivity contribution in [3.05, 3.63) is 0 Å². The third kappa shape index (κ3) is 8.70. The molecule has 29 heavy (non-hydrogen) atoms. The third-order valence-electron chi connectivity index (χ3n) is 6.90. The highest BCUT2D eigenvalue weighted by Crippen LogP contribution is 2.36. The van der Waals surface area contributed by atoms with E-state index in [0.29, 0.717) is 12.3 Å². The Hall–Kier alpha value is -0.390. The standard InChI is InChI=1S/C23H39F5O/c1-3-5-17(11-12-18-9-7-16(2)8-10-18)6-4-13-23(27,28)29-19-14-20(24)22(26)21(25)15-19/h16-22H,3-15H2,1-2H3. The van der Waals surface area contributed by atoms with Gasteiger partial charge in [-0.2, -0.15) is 8.78 Å². The number of ether oxygens (including phenoxy) is 1. The highest BCUT2D eigenvalue weighted by molar-refractivity contribution is 4.88. The molecule has 172 valence electrons. The molecule has 0 radical (unpaired) electrons. The normalized spacial score (nSPS) is 34.9. The minimum Gasteiger partial charge on any atom is -0.317 e. The zero-order chi connectivity index (χ0) is 21.4. The Balaban J connectivity index is 1.70. The first-order valence-corrected chi connectivity index (χ1v) is 11.7. The second kappa shape index (κ2) is 11.9. The van der Waals surface area contributed by atoms with Gasteiger partial charge in [0.2, 0.25) is 0 Å². The summed E-state index contributed by atoms with van der Waals surface area (Å²) in [4.78, 5) is 0. The van der Waals surface area contributed by atoms with E-state index in [0.717, 1.165) is 37.5 Å². The quantitative estimate of drug-likeness (QED) is 0.304. The van der Waals surface area contributed by atoms with Gasteiger partial charge in [-0.25, -0.2) is 13.2 Å². The summed E-state index contributed by atoms with van der Waals surface area (Å²) in [5, 5.41) is 0. The van der Waals surface area contributed by atoms with Gasteiger partial charge in [0.15, 0.2) is 6.17 Å². The van der Waals surface area contributed by atoms with Gasteiger partial charge < -0.3 is 4.74 Å². The molecule has 6 heteroatoms. The van der Waals surface area contributed by atoms with Gasteiger partial charge >= 0.3 is 6.11 Å². The van der Waals surface area contributed by atoms with Crippen LogP contribution in [0.15, 0.2) is 0 Å². The van der Waals surface area contributed by atoms with Crippen molar-refractivity contribution in [3.63, 3.8) is 0 Å². The third-order valence-corrected chi connectivity index (χ3v) is 6.90. The van der Waals surface area contributed by atoms with Gasteiger partial charge in [-0.15, -0.1) is 0 Å². The van der Waals surface area contributed by atoms with Crippen molar-refractivity contribution in [3.8, 4) is 0 Å². The topological polar surface area (TPSA) is 9.23 Å². The fourth-order valence-corrected chi connectivity index (χ4v) is 5.01. The number of halogens is 5. The van der Waals surface area contributed by atoms with Gasteiger partial charge in [-0.05, 0) is 24.2 Å². The summed E-state index contributed by atoms with van der Waals surface area (Å²) in [6, 6.07) is 0.